The van der Waals surface area contributed by atoms with E-state index in [0.29, 0.717) is 0 Å². The van der Waals surface area contributed by atoms with E-state index in [9.17, 15) is 4.79 Å². The number of aromatic amines is 1. The highest BCUT2D eigenvalue weighted by Gasteiger charge is 2.12. The Hall–Kier alpha value is -11.0. The van der Waals surface area contributed by atoms with Gasteiger partial charge in [0.25, 0.3) is 0 Å². The maximum Gasteiger partial charge on any atom is 0.347 e. The van der Waals surface area contributed by atoms with E-state index in [1.807, 2.05) is 276 Å². The largest absolute Gasteiger partial charge is 0.365 e. The first-order valence-electron chi connectivity index (χ1n) is 45.1. The van der Waals surface area contributed by atoms with Crippen molar-refractivity contribution in [3.8, 4) is 5.69 Å². The van der Waals surface area contributed by atoms with Gasteiger partial charge in [-0.05, 0) is 182 Å². The zero-order valence-electron chi connectivity index (χ0n) is 83.9. The van der Waals surface area contributed by atoms with E-state index in [1.54, 1.807) is 48.7 Å². The van der Waals surface area contributed by atoms with Gasteiger partial charge in [0.15, 0.2) is 0 Å². The van der Waals surface area contributed by atoms with E-state index >= 15 is 0 Å². The predicted octanol–water partition coefficient (Wildman–Crippen LogP) is 33.1. The third-order valence-corrected chi connectivity index (χ3v) is 17.1. The van der Waals surface area contributed by atoms with Crippen LogP contribution in [0.2, 0.25) is 0 Å². The normalized spacial score (nSPS) is 10.4. The van der Waals surface area contributed by atoms with Gasteiger partial charge in [0.1, 0.15) is 31.0 Å². The second-order valence-corrected chi connectivity index (χ2v) is 27.2. The molecule has 686 valence electrons. The molecule has 2 aliphatic heterocycles. The van der Waals surface area contributed by atoms with Crippen LogP contribution in [-0.2, 0) is 5.54 Å². The van der Waals surface area contributed by atoms with E-state index in [0.717, 1.165) is 51.8 Å². The zero-order valence-corrected chi connectivity index (χ0v) is 85.6. The van der Waals surface area contributed by atoms with Gasteiger partial charge in [0.05, 0.1) is 40.2 Å². The van der Waals surface area contributed by atoms with Gasteiger partial charge in [-0.15, -0.1) is 11.3 Å². The van der Waals surface area contributed by atoms with Crippen molar-refractivity contribution in [2.24, 2.45) is 10.9 Å². The molecule has 0 aliphatic carbocycles. The number of benzene rings is 8. The van der Waals surface area contributed by atoms with E-state index in [-0.39, 0.29) is 11.2 Å². The number of pyridine rings is 2. The van der Waals surface area contributed by atoms with Crippen LogP contribution in [0.4, 0.5) is 0 Å². The quantitative estimate of drug-likeness (QED) is 0.164. The lowest BCUT2D eigenvalue weighted by molar-refractivity contribution is 0.354. The van der Waals surface area contributed by atoms with Crippen molar-refractivity contribution in [1.82, 2.24) is 54.8 Å². The van der Waals surface area contributed by atoms with Gasteiger partial charge in [-0.25, -0.2) is 24.1 Å². The standard InChI is InChI=1S/2C11H10.2C10H9N.C9H9N3O.C7H8.C6H11N3.C5H7N.C5H10S.2C4H5NO.C4H5NS.11C2H6/c1-9-5-4-7-10-6-2-3-8-11(9)10;1-9-6-7-10-4-2-3-5-11(10)8-9;1-8-4-2-5-9-6-3-7-11-10(8)9;1-8-4-5-9-3-2-6-11-10(9)7-8;1-7-2-4-8(5-3-7)12-6-10-11-9(12)13;1-7-5-3-2-4-6-7;1-6(2,3)9-5-7-4-8-9;1-5-3-2-4-6-5;1-5-2-3-6-4-5;1-4-2-5-6-3-4;1-4-2-3-5-6-4;1-4-2-6-3-5-4;11*1-2/h2*2-8H,1H3;2*2-7H,1H3;2-6H,1H3,(H,11,13);2-6H,1H3;4-5H,1-3H3;3-4H,2H2,1H3;5H,2-4H2,1H3;3*2-3H,1H3;11*1-2H3. The summed E-state index contributed by atoms with van der Waals surface area (Å²) in [6.45, 7) is 72.8. The lowest BCUT2D eigenvalue weighted by Crippen LogP contribution is -2.21. The third kappa shape index (κ3) is 61.1. The van der Waals surface area contributed by atoms with Crippen molar-refractivity contribution in [2.75, 3.05) is 11.5 Å². The average Bonchev–Trinajstić information content (AvgIpc) is 1.34. The molecule has 1 atom stereocenters. The number of rotatable bonds is 1. The van der Waals surface area contributed by atoms with Crippen LogP contribution in [0.15, 0.2) is 298 Å². The summed E-state index contributed by atoms with van der Waals surface area (Å²) in [7, 11) is 0. The summed E-state index contributed by atoms with van der Waals surface area (Å²) in [4.78, 5) is 31.4. The molecule has 1 unspecified atom stereocenters. The smallest absolute Gasteiger partial charge is 0.347 e. The zero-order chi connectivity index (χ0) is 96.0. The van der Waals surface area contributed by atoms with E-state index in [1.165, 1.54) is 94.5 Å². The van der Waals surface area contributed by atoms with Gasteiger partial charge in [0, 0.05) is 64.2 Å². The average molecular weight is 1740 g/mol. The molecule has 15 nitrogen and oxygen atoms in total. The molecule has 7 aromatic heterocycles. The molecule has 17 heteroatoms. The van der Waals surface area contributed by atoms with Crippen molar-refractivity contribution in [3.05, 3.63) is 340 Å². The Morgan fingerprint density at radius 2 is 0.992 bits per heavy atom. The van der Waals surface area contributed by atoms with Crippen molar-refractivity contribution < 1.29 is 9.05 Å². The molecule has 0 radical (unpaired) electrons. The molecule has 15 aromatic rings. The number of thioether (sulfide) groups is 1. The summed E-state index contributed by atoms with van der Waals surface area (Å²) in [5.41, 5.74) is 15.7. The molecule has 1 saturated heterocycles. The highest BCUT2D eigenvalue weighted by molar-refractivity contribution is 7.99. The number of nitrogens with one attached hydrogen (secondary N) is 1. The minimum absolute atomic E-state index is 0.0660. The van der Waals surface area contributed by atoms with Crippen LogP contribution < -0.4 is 5.69 Å². The number of allylic oxidation sites excluding steroid dienone is 2. The fraction of sp³-hybridized carbons (Fsp3) is 0.389. The van der Waals surface area contributed by atoms with Crippen molar-refractivity contribution in [3.63, 3.8) is 0 Å². The lowest BCUT2D eigenvalue weighted by Gasteiger charge is -2.17. The topological polar surface area (TPSA) is 184 Å². The summed E-state index contributed by atoms with van der Waals surface area (Å²) in [6.07, 6.45) is 19.8. The summed E-state index contributed by atoms with van der Waals surface area (Å²) >= 11 is 3.71. The SMILES string of the molecule is CC.CC.CC.CC.CC.CC.CC.CC.CC.CC.CC.CC(C)(C)n1cncn1.CC1=CCC=N1.CC1CCSC1.Cc1ccc(-n2cn[nH]c2=O)cc1.Cc1ccc2ccccc2c1.Cc1ccc2cccnc2c1.Cc1cccc2ccccc12.Cc1cccc2cccnc12.Cc1ccccc1.Cc1ccno1.Cc1cnoc1.Cc1cscn1. The van der Waals surface area contributed by atoms with Gasteiger partial charge >= 0.3 is 5.69 Å². The molecular formula is C108H164N12O3S2. The number of thiazole rings is 1. The van der Waals surface area contributed by atoms with Crippen molar-refractivity contribution in [2.45, 2.75) is 268 Å². The van der Waals surface area contributed by atoms with Crippen molar-refractivity contribution in [1.29, 1.82) is 0 Å². The van der Waals surface area contributed by atoms with Gasteiger partial charge in [-0.2, -0.15) is 22.0 Å². The molecule has 1 fully saturated rings. The number of aliphatic imine (C=N–C) groups is 1. The fourth-order valence-electron chi connectivity index (χ4n) is 9.29. The molecular weight excluding hydrogens is 1580 g/mol. The van der Waals surface area contributed by atoms with Crippen LogP contribution in [-0.4, -0.2) is 72.5 Å². The van der Waals surface area contributed by atoms with Crippen LogP contribution in [0.5, 0.6) is 0 Å². The number of nitrogens with zero attached hydrogens (tertiary/aromatic N) is 11. The highest BCUT2D eigenvalue weighted by Crippen LogP contribution is 2.22. The number of aromatic nitrogens is 11. The molecule has 1 N–H and O–H groups in total. The number of hydrogen-bond acceptors (Lipinski definition) is 14. The maximum absolute atomic E-state index is 11.1. The van der Waals surface area contributed by atoms with Crippen molar-refractivity contribution >= 4 is 72.7 Å². The molecule has 8 aromatic carbocycles. The number of aryl methyl sites for hydroxylation is 9. The van der Waals surface area contributed by atoms with Gasteiger partial charge in [-0.3, -0.25) is 19.9 Å². The summed E-state index contributed by atoms with van der Waals surface area (Å²) in [6, 6.07) is 70.0. The summed E-state index contributed by atoms with van der Waals surface area (Å²) < 4.78 is 12.3. The molecule has 0 bridgehead atoms. The van der Waals surface area contributed by atoms with Crippen LogP contribution in [0, 0.1) is 68.2 Å². The second-order valence-electron chi connectivity index (χ2n) is 25.3. The molecule has 2 aliphatic rings. The van der Waals surface area contributed by atoms with Gasteiger partial charge < -0.3 is 9.05 Å². The highest BCUT2D eigenvalue weighted by atomic mass is 32.2. The Morgan fingerprint density at radius 3 is 1.38 bits per heavy atom. The Kier molecular flexibility index (Phi) is 86.4. The van der Waals surface area contributed by atoms with Crippen LogP contribution in [0.1, 0.15) is 250 Å². The molecule has 0 amide bonds. The number of para-hydroxylation sites is 1. The first-order valence-corrected chi connectivity index (χ1v) is 47.2. The minimum Gasteiger partial charge on any atom is -0.365 e. The van der Waals surface area contributed by atoms with E-state index < -0.39 is 0 Å². The first kappa shape index (κ1) is 125. The Bertz CT molecular complexity index is 4610. The maximum atomic E-state index is 11.1. The molecule has 125 heavy (non-hydrogen) atoms. The lowest BCUT2D eigenvalue weighted by atomic mass is 10.1. The molecule has 0 spiro atoms. The molecule has 9 heterocycles. The Labute approximate surface area is 767 Å². The van der Waals surface area contributed by atoms with Crippen LogP contribution in [0.25, 0.3) is 49.0 Å². The van der Waals surface area contributed by atoms with Crippen LogP contribution in [0.3, 0.4) is 0 Å². The Morgan fingerprint density at radius 1 is 0.472 bits per heavy atom. The van der Waals surface area contributed by atoms with Gasteiger partial charge in [0.2, 0.25) is 0 Å². The predicted molar refractivity (Wildman–Crippen MR) is 558 cm³/mol. The number of fused-ring (bicyclic) bond motifs is 4. The molecule has 17 rings (SSSR count). The van der Waals surface area contributed by atoms with E-state index in [4.69, 9.17) is 0 Å². The third-order valence-electron chi connectivity index (χ3n) is 15.1. The monoisotopic (exact) mass is 1740 g/mol. The number of hydrogen-bond donors (Lipinski definition) is 1. The summed E-state index contributed by atoms with van der Waals surface area (Å²) in [5, 5.41) is 26.6. The summed E-state index contributed by atoms with van der Waals surface area (Å²) in [5.74, 6) is 4.67. The fourth-order valence-corrected chi connectivity index (χ4v) is 11.1. The number of H-pyrrole nitrogens is 1. The minimum atomic E-state index is -0.219. The molecule has 0 saturated carbocycles. The second kappa shape index (κ2) is 86.5. The van der Waals surface area contributed by atoms with E-state index in [2.05, 4.69) is 285 Å². The van der Waals surface area contributed by atoms with Gasteiger partial charge in [-0.1, -0.05) is 362 Å². The van der Waals surface area contributed by atoms with Crippen LogP contribution >= 0.6 is 23.1 Å². The first-order chi connectivity index (χ1) is 60.7. The Balaban J connectivity index is -0.000000305.